The van der Waals surface area contributed by atoms with Crippen molar-refractivity contribution in [1.29, 1.82) is 0 Å². The van der Waals surface area contributed by atoms with Gasteiger partial charge in [-0.2, -0.15) is 0 Å². The van der Waals surface area contributed by atoms with Crippen LogP contribution >= 0.6 is 0 Å². The number of aliphatic carboxylic acids is 1. The zero-order valence-electron chi connectivity index (χ0n) is 58.7. The van der Waals surface area contributed by atoms with Crippen LogP contribution in [0.1, 0.15) is 101 Å². The van der Waals surface area contributed by atoms with Gasteiger partial charge in [0.05, 0.1) is 12.6 Å². The molecular weight excluding hydrogens is 1320 g/mol. The third kappa shape index (κ3) is 26.9. The molecule has 6 aromatic rings. The summed E-state index contributed by atoms with van der Waals surface area (Å²) in [6.45, 7) is 7.32. The number of hydrogen-bond donors (Lipinski definition) is 15. The number of benzene rings is 5. The van der Waals surface area contributed by atoms with E-state index in [-0.39, 0.29) is 107 Å². The lowest BCUT2D eigenvalue weighted by Gasteiger charge is -2.38. The number of carbonyl (C=O) groups is 10. The van der Waals surface area contributed by atoms with Crippen molar-refractivity contribution in [3.63, 3.8) is 0 Å². The van der Waals surface area contributed by atoms with Crippen LogP contribution in [0.4, 0.5) is 10.5 Å². The Morgan fingerprint density at radius 1 is 0.583 bits per heavy atom. The highest BCUT2D eigenvalue weighted by molar-refractivity contribution is 5.98. The van der Waals surface area contributed by atoms with Gasteiger partial charge in [0.2, 0.25) is 47.3 Å². The van der Waals surface area contributed by atoms with Gasteiger partial charge in [0.1, 0.15) is 42.0 Å². The lowest BCUT2D eigenvalue weighted by molar-refractivity contribution is -0.142. The number of rotatable bonds is 40. The minimum Gasteiger partial charge on any atom is -0.508 e. The fourth-order valence-electron chi connectivity index (χ4n) is 12.2. The second-order valence-electron chi connectivity index (χ2n) is 26.3. The molecule has 0 unspecified atom stereocenters. The third-order valence-electron chi connectivity index (χ3n) is 17.7. The summed E-state index contributed by atoms with van der Waals surface area (Å²) in [7, 11) is 0. The van der Waals surface area contributed by atoms with E-state index < -0.39 is 102 Å². The largest absolute Gasteiger partial charge is 0.508 e. The molecule has 0 bridgehead atoms. The van der Waals surface area contributed by atoms with Crippen molar-refractivity contribution in [2.45, 2.75) is 153 Å². The van der Waals surface area contributed by atoms with E-state index in [0.717, 1.165) is 55.5 Å². The predicted octanol–water partition coefficient (Wildman–Crippen LogP) is 3.06. The molecule has 1 fully saturated rings. The fraction of sp³-hybridized carbons (Fsp3) is 0.427. The number of fused-ring (bicyclic) bond motifs is 1. The first-order chi connectivity index (χ1) is 49.5. The summed E-state index contributed by atoms with van der Waals surface area (Å²) in [6.07, 6.45) is 4.83. The molecule has 0 radical (unpaired) electrons. The maximum atomic E-state index is 14.8. The summed E-state index contributed by atoms with van der Waals surface area (Å²) in [5.41, 5.74) is 22.1. The number of carboxylic acids is 1. The zero-order valence-corrected chi connectivity index (χ0v) is 58.7. The average Bonchev–Trinajstić information content (AvgIpc) is 1.72. The number of H-pyrrole nitrogens is 1. The second kappa shape index (κ2) is 41.1. The minimum atomic E-state index is -1.44. The van der Waals surface area contributed by atoms with E-state index in [9.17, 15) is 58.2 Å². The number of phenols is 1. The first kappa shape index (κ1) is 79.5. The number of carboxylic acid groups (broad SMARTS) is 1. The Hall–Kier alpha value is -10.9. The van der Waals surface area contributed by atoms with Gasteiger partial charge in [0.15, 0.2) is 5.96 Å². The zero-order chi connectivity index (χ0) is 74.2. The van der Waals surface area contributed by atoms with Gasteiger partial charge < -0.3 is 90.0 Å². The molecule has 1 aromatic heterocycles. The van der Waals surface area contributed by atoms with Crippen molar-refractivity contribution in [2.75, 3.05) is 50.7 Å². The van der Waals surface area contributed by atoms with Gasteiger partial charge in [-0.3, -0.25) is 43.3 Å². The van der Waals surface area contributed by atoms with Crippen LogP contribution in [0.15, 0.2) is 151 Å². The summed E-state index contributed by atoms with van der Waals surface area (Å²) < 4.78 is 0. The lowest BCUT2D eigenvalue weighted by atomic mass is 10.00. The highest BCUT2D eigenvalue weighted by atomic mass is 16.4. The molecule has 28 nitrogen and oxygen atoms in total. The van der Waals surface area contributed by atoms with Crippen molar-refractivity contribution < 1.29 is 58.2 Å². The molecule has 1 aliphatic heterocycles. The lowest BCUT2D eigenvalue weighted by Crippen LogP contribution is -2.59. The molecule has 1 saturated heterocycles. The normalized spacial score (nSPS) is 14.4. The number of hydrogen-bond acceptors (Lipinski definition) is 14. The van der Waals surface area contributed by atoms with Crippen LogP contribution in [0, 0.1) is 5.92 Å². The Bertz CT molecular complexity index is 3770. The van der Waals surface area contributed by atoms with Crippen LogP contribution in [0.3, 0.4) is 0 Å². The molecule has 5 aromatic carbocycles. The average molecular weight is 1420 g/mol. The molecular formula is C75H100N16O12. The van der Waals surface area contributed by atoms with Gasteiger partial charge >= 0.3 is 12.0 Å². The first-order valence-corrected chi connectivity index (χ1v) is 35.1. The van der Waals surface area contributed by atoms with Crippen molar-refractivity contribution >= 4 is 81.8 Å². The van der Waals surface area contributed by atoms with Crippen molar-refractivity contribution in [1.82, 2.24) is 57.7 Å². The van der Waals surface area contributed by atoms with E-state index in [4.69, 9.17) is 17.2 Å². The highest BCUT2D eigenvalue weighted by Gasteiger charge is 2.35. The number of amides is 10. The quantitative estimate of drug-likeness (QED) is 0.0149. The number of unbranched alkanes of at least 4 members (excludes halogenated alkanes) is 1. The summed E-state index contributed by atoms with van der Waals surface area (Å²) in [6, 6.07) is 32.5. The number of nitrogens with one attached hydrogen (secondary N) is 10. The maximum absolute atomic E-state index is 14.8. The van der Waals surface area contributed by atoms with Gasteiger partial charge in [0, 0.05) is 87.4 Å². The topological polar surface area (TPSA) is 432 Å². The van der Waals surface area contributed by atoms with E-state index in [2.05, 4.69) is 74.9 Å². The summed E-state index contributed by atoms with van der Waals surface area (Å²) in [4.78, 5) is 149. The molecule has 0 spiro atoms. The molecule has 1 aliphatic rings. The smallest absolute Gasteiger partial charge is 0.326 e. The van der Waals surface area contributed by atoms with Gasteiger partial charge in [0.25, 0.3) is 0 Å². The number of nitrogens with zero attached hydrogens (tertiary/aromatic N) is 3. The van der Waals surface area contributed by atoms with Crippen molar-refractivity contribution in [3.8, 4) is 5.75 Å². The van der Waals surface area contributed by atoms with E-state index in [1.54, 1.807) is 54.7 Å². The number of aliphatic imine (C=N–C) groups is 1. The number of aromatic nitrogens is 1. The van der Waals surface area contributed by atoms with Gasteiger partial charge in [-0.05, 0) is 130 Å². The number of guanidine groups is 1. The number of para-hydroxylation sites is 2. The number of urea groups is 1. The molecule has 10 amide bonds. The van der Waals surface area contributed by atoms with Crippen LogP contribution in [-0.4, -0.2) is 179 Å². The number of aromatic hydroxyl groups is 1. The standard InChI is InChI=1S/C75H100N16O12/c1-48(2)42-62(88-71(99)63(44-51-20-9-5-10-21-51)85-65(93)47-83-67(95)49(3)84-68(96)58(76)43-52-28-30-56(92)31-29-52)70(98)86-60(27-17-37-79-74(77)78)69(97)89-64(45-53-46-82-59-25-14-13-24-57(53)59)72(100)87-61(73(101)102)26-15-16-36-80-75(103)81-38-32-66(94)91(54-22-11-6-12-23-54)55-34-40-90(41-35-55)39-33-50-18-7-4-8-19-50/h4-14,18-25,28-31,46,48-49,55,58,60-64,82,92H,15-17,26-27,32-45,47,76H2,1-3H3,(H,83,95)(H,84,96)(H,85,93)(H,86,98)(H,87,100)(H,88,99)(H,89,97)(H,101,102)(H4,77,78,79)(H2,80,81,103)/t49-,58-,60-,61-,62+,63-,64-/m0/s1. The Morgan fingerprint density at radius 3 is 1.81 bits per heavy atom. The Labute approximate surface area is 600 Å². The van der Waals surface area contributed by atoms with Gasteiger partial charge in [-0.15, -0.1) is 0 Å². The third-order valence-corrected chi connectivity index (χ3v) is 17.7. The number of phenolic OH excluding ortho intramolecular Hbond substituents is 1. The Morgan fingerprint density at radius 2 is 1.15 bits per heavy atom. The number of piperidine rings is 1. The molecule has 0 saturated carbocycles. The number of nitrogens with two attached hydrogens (primary N) is 3. The molecule has 103 heavy (non-hydrogen) atoms. The monoisotopic (exact) mass is 1420 g/mol. The maximum Gasteiger partial charge on any atom is 0.326 e. The summed E-state index contributed by atoms with van der Waals surface area (Å²) in [5.74, 6) is -7.27. The van der Waals surface area contributed by atoms with Crippen LogP contribution in [-0.2, 0) is 68.8 Å². The second-order valence-corrected chi connectivity index (χ2v) is 26.3. The minimum absolute atomic E-state index is 0.00202. The summed E-state index contributed by atoms with van der Waals surface area (Å²) >= 11 is 0. The van der Waals surface area contributed by atoms with E-state index in [1.165, 1.54) is 24.6 Å². The first-order valence-electron chi connectivity index (χ1n) is 35.1. The van der Waals surface area contributed by atoms with E-state index >= 15 is 0 Å². The molecule has 7 atom stereocenters. The Balaban J connectivity index is 0.954. The molecule has 0 aliphatic carbocycles. The molecule has 2 heterocycles. The molecule has 552 valence electrons. The SMILES string of the molecule is CC(C)C[C@@H](NC(=O)[C@H](Cc1ccccc1)NC(=O)CNC(=O)[C@H](C)NC(=O)[C@@H](N)Cc1ccc(O)cc1)C(=O)N[C@@H](CCCN=C(N)N)C(=O)N[C@@H](Cc1c[nH]c2ccccc12)C(=O)N[C@@H](CCCCNC(=O)NCCC(=O)N(c1ccccc1)C1CCN(CCc2ccccc2)CC1)C(=O)O. The highest BCUT2D eigenvalue weighted by Crippen LogP contribution is 2.26. The number of likely N-dealkylation sites (tertiary alicyclic amines) is 1. The molecule has 7 rings (SSSR count). The van der Waals surface area contributed by atoms with Crippen molar-refractivity contribution in [2.24, 2.45) is 28.1 Å². The molecule has 18 N–H and O–H groups in total. The van der Waals surface area contributed by atoms with Crippen LogP contribution in [0.5, 0.6) is 5.75 Å². The van der Waals surface area contributed by atoms with Crippen LogP contribution in [0.25, 0.3) is 10.9 Å². The Kier molecular flexibility index (Phi) is 31.7. The van der Waals surface area contributed by atoms with Crippen LogP contribution < -0.4 is 70.0 Å². The predicted molar refractivity (Wildman–Crippen MR) is 393 cm³/mol. The number of aromatic amines is 1. The fourth-order valence-corrected chi connectivity index (χ4v) is 12.2. The van der Waals surface area contributed by atoms with Gasteiger partial charge in [-0.25, -0.2) is 9.59 Å². The number of carbonyl (C=O) groups excluding carboxylic acids is 9. The van der Waals surface area contributed by atoms with E-state index in [1.807, 2.05) is 85.5 Å². The van der Waals surface area contributed by atoms with Crippen LogP contribution in [0.2, 0.25) is 0 Å². The number of anilines is 1. The van der Waals surface area contributed by atoms with E-state index in [0.29, 0.717) is 23.1 Å². The van der Waals surface area contributed by atoms with Crippen molar-refractivity contribution in [3.05, 3.63) is 168 Å². The van der Waals surface area contributed by atoms with Gasteiger partial charge in [-0.1, -0.05) is 123 Å². The molecule has 28 heteroatoms. The summed E-state index contributed by atoms with van der Waals surface area (Å²) in [5, 5.41) is 44.9.